The molecular formula is C21H26N6S. The summed E-state index contributed by atoms with van der Waals surface area (Å²) in [6.07, 6.45) is 8.99. The van der Waals surface area contributed by atoms with Crippen molar-refractivity contribution in [2.45, 2.75) is 51.6 Å². The van der Waals surface area contributed by atoms with Crippen LogP contribution in [0.3, 0.4) is 0 Å². The molecule has 2 atom stereocenters. The van der Waals surface area contributed by atoms with Crippen LogP contribution in [0, 0.1) is 17.2 Å². The van der Waals surface area contributed by atoms with Crippen LogP contribution in [0.15, 0.2) is 41.6 Å². The molecule has 1 heterocycles. The zero-order chi connectivity index (χ0) is 19.8. The van der Waals surface area contributed by atoms with Gasteiger partial charge < -0.3 is 5.32 Å². The van der Waals surface area contributed by atoms with Gasteiger partial charge in [0.2, 0.25) is 0 Å². The monoisotopic (exact) mass is 394 g/mol. The van der Waals surface area contributed by atoms with Gasteiger partial charge in [0, 0.05) is 23.4 Å². The van der Waals surface area contributed by atoms with Crippen LogP contribution in [-0.4, -0.2) is 27.1 Å². The van der Waals surface area contributed by atoms with E-state index >= 15 is 0 Å². The summed E-state index contributed by atoms with van der Waals surface area (Å²) in [5.41, 5.74) is 5.66. The highest BCUT2D eigenvalue weighted by Crippen LogP contribution is 2.23. The molecule has 2 N–H and O–H groups in total. The Morgan fingerprint density at radius 3 is 2.89 bits per heavy atom. The summed E-state index contributed by atoms with van der Waals surface area (Å²) >= 11 is 5.40. The number of benzene rings is 1. The molecule has 146 valence electrons. The first kappa shape index (κ1) is 20.0. The summed E-state index contributed by atoms with van der Waals surface area (Å²) in [7, 11) is 0. The number of nitrogens with zero attached hydrogens (tertiary/aromatic N) is 4. The summed E-state index contributed by atoms with van der Waals surface area (Å²) in [4.78, 5) is 0. The molecule has 1 saturated carbocycles. The van der Waals surface area contributed by atoms with Crippen molar-refractivity contribution >= 4 is 23.5 Å². The molecule has 0 unspecified atom stereocenters. The molecule has 0 amide bonds. The van der Waals surface area contributed by atoms with Crippen LogP contribution in [0.25, 0.3) is 11.3 Å². The Hall–Kier alpha value is -2.72. The van der Waals surface area contributed by atoms with Gasteiger partial charge in [0.25, 0.3) is 0 Å². The average molecular weight is 395 g/mol. The maximum Gasteiger partial charge on any atom is 0.187 e. The zero-order valence-electron chi connectivity index (χ0n) is 16.1. The van der Waals surface area contributed by atoms with Gasteiger partial charge in [-0.25, -0.2) is 0 Å². The Balaban J connectivity index is 1.67. The number of thiocarbonyl (C=S) groups is 1. The van der Waals surface area contributed by atoms with Gasteiger partial charge in [-0.1, -0.05) is 50.1 Å². The number of nitrogens with one attached hydrogen (secondary N) is 2. The predicted octanol–water partition coefficient (Wildman–Crippen LogP) is 3.84. The molecule has 1 aromatic heterocycles. The number of hydrazone groups is 1. The molecule has 3 rings (SSSR count). The molecule has 1 fully saturated rings. The second-order valence-electron chi connectivity index (χ2n) is 7.18. The highest BCUT2D eigenvalue weighted by molar-refractivity contribution is 7.80. The largest absolute Gasteiger partial charge is 0.358 e. The van der Waals surface area contributed by atoms with Gasteiger partial charge in [-0.15, -0.1) is 0 Å². The Bertz CT molecular complexity index is 852. The van der Waals surface area contributed by atoms with Gasteiger partial charge in [0.15, 0.2) is 5.11 Å². The van der Waals surface area contributed by atoms with Crippen LogP contribution in [-0.2, 0) is 6.54 Å². The van der Waals surface area contributed by atoms with Gasteiger partial charge in [-0.05, 0) is 31.0 Å². The Labute approximate surface area is 171 Å². The van der Waals surface area contributed by atoms with Crippen LogP contribution in [0.5, 0.6) is 0 Å². The third-order valence-corrected chi connectivity index (χ3v) is 5.30. The van der Waals surface area contributed by atoms with Gasteiger partial charge in [-0.3, -0.25) is 10.1 Å². The maximum absolute atomic E-state index is 8.83. The molecule has 1 aliphatic carbocycles. The molecule has 0 saturated heterocycles. The number of aromatic nitrogens is 2. The van der Waals surface area contributed by atoms with Crippen molar-refractivity contribution < 1.29 is 0 Å². The molecule has 0 radical (unpaired) electrons. The van der Waals surface area contributed by atoms with E-state index in [1.807, 2.05) is 36.5 Å². The topological polar surface area (TPSA) is 78.0 Å². The second kappa shape index (κ2) is 10.00. The van der Waals surface area contributed by atoms with Crippen LogP contribution in [0.1, 0.15) is 44.6 Å². The van der Waals surface area contributed by atoms with Gasteiger partial charge in [0.1, 0.15) is 5.69 Å². The van der Waals surface area contributed by atoms with Crippen LogP contribution in [0.4, 0.5) is 0 Å². The predicted molar refractivity (Wildman–Crippen MR) is 116 cm³/mol. The minimum absolute atomic E-state index is 0.414. The molecule has 0 aliphatic heterocycles. The molecular weight excluding hydrogens is 368 g/mol. The van der Waals surface area contributed by atoms with Crippen molar-refractivity contribution in [2.24, 2.45) is 11.0 Å². The Morgan fingerprint density at radius 1 is 1.36 bits per heavy atom. The summed E-state index contributed by atoms with van der Waals surface area (Å²) in [6, 6.07) is 12.5. The van der Waals surface area contributed by atoms with Crippen molar-refractivity contribution in [3.63, 3.8) is 0 Å². The highest BCUT2D eigenvalue weighted by Gasteiger charge is 2.21. The molecule has 0 bridgehead atoms. The third-order valence-electron chi connectivity index (χ3n) is 5.09. The summed E-state index contributed by atoms with van der Waals surface area (Å²) < 4.78 is 1.78. The zero-order valence-corrected chi connectivity index (χ0v) is 17.0. The minimum atomic E-state index is 0.414. The Kier molecular flexibility index (Phi) is 7.15. The molecule has 6 nitrogen and oxygen atoms in total. The number of hydrogen-bond donors (Lipinski definition) is 2. The first-order valence-corrected chi connectivity index (χ1v) is 10.2. The summed E-state index contributed by atoms with van der Waals surface area (Å²) in [6.45, 7) is 2.82. The molecule has 1 aromatic carbocycles. The third kappa shape index (κ3) is 5.40. The van der Waals surface area contributed by atoms with Crippen LogP contribution < -0.4 is 10.7 Å². The maximum atomic E-state index is 8.83. The van der Waals surface area contributed by atoms with Gasteiger partial charge >= 0.3 is 0 Å². The van der Waals surface area contributed by atoms with E-state index in [2.05, 4.69) is 33.9 Å². The van der Waals surface area contributed by atoms with Crippen molar-refractivity contribution in [2.75, 3.05) is 0 Å². The Morgan fingerprint density at radius 2 is 2.14 bits per heavy atom. The molecule has 1 aliphatic rings. The van der Waals surface area contributed by atoms with Crippen molar-refractivity contribution in [1.82, 2.24) is 20.5 Å². The number of hydrogen-bond acceptors (Lipinski definition) is 4. The van der Waals surface area contributed by atoms with E-state index in [1.165, 1.54) is 19.3 Å². The molecule has 0 spiro atoms. The fourth-order valence-corrected chi connectivity index (χ4v) is 3.73. The summed E-state index contributed by atoms with van der Waals surface area (Å²) in [5.74, 6) is 0.625. The van der Waals surface area contributed by atoms with E-state index in [0.717, 1.165) is 23.2 Å². The lowest BCUT2D eigenvalue weighted by molar-refractivity contribution is 0.308. The molecule has 2 aromatic rings. The van der Waals surface area contributed by atoms with E-state index in [-0.39, 0.29) is 0 Å². The smallest absolute Gasteiger partial charge is 0.187 e. The minimum Gasteiger partial charge on any atom is -0.358 e. The first-order valence-electron chi connectivity index (χ1n) is 9.77. The second-order valence-corrected chi connectivity index (χ2v) is 7.59. The van der Waals surface area contributed by atoms with E-state index in [9.17, 15) is 0 Å². The van der Waals surface area contributed by atoms with Gasteiger partial charge in [-0.2, -0.15) is 15.5 Å². The van der Waals surface area contributed by atoms with E-state index in [4.69, 9.17) is 17.5 Å². The van der Waals surface area contributed by atoms with Crippen molar-refractivity contribution in [3.05, 3.63) is 42.1 Å². The average Bonchev–Trinajstić information content (AvgIpc) is 3.12. The SMILES string of the molecule is C[C@@H]1CCCC[C@H]1NC(=S)N/N=C\c1cn(CCC#N)nc1-c1ccccc1. The molecule has 7 heteroatoms. The lowest BCUT2D eigenvalue weighted by Gasteiger charge is -2.30. The molecule has 28 heavy (non-hydrogen) atoms. The van der Waals surface area contributed by atoms with Crippen molar-refractivity contribution in [1.29, 1.82) is 5.26 Å². The van der Waals surface area contributed by atoms with Gasteiger partial charge in [0.05, 0.1) is 25.2 Å². The summed E-state index contributed by atoms with van der Waals surface area (Å²) in [5, 5.41) is 21.7. The number of rotatable bonds is 6. The number of aryl methyl sites for hydroxylation is 1. The quantitative estimate of drug-likeness (QED) is 0.442. The highest BCUT2D eigenvalue weighted by atomic mass is 32.1. The van der Waals surface area contributed by atoms with E-state index in [0.29, 0.717) is 30.0 Å². The lowest BCUT2D eigenvalue weighted by Crippen LogP contribution is -2.44. The number of nitriles is 1. The van der Waals surface area contributed by atoms with E-state index in [1.54, 1.807) is 10.9 Å². The standard InChI is InChI=1S/C21H26N6S/c1-16-8-5-6-11-19(16)24-21(28)25-23-14-18-15-27(13-7-12-22)26-20(18)17-9-3-2-4-10-17/h2-4,9-10,14-16,19H,5-8,11,13H2,1H3,(H2,24,25,28)/b23-14-/t16-,19-/m1/s1. The first-order chi connectivity index (χ1) is 13.7. The van der Waals surface area contributed by atoms with Crippen LogP contribution >= 0.6 is 12.2 Å². The lowest BCUT2D eigenvalue weighted by atomic mass is 9.86. The van der Waals surface area contributed by atoms with E-state index < -0.39 is 0 Å². The fourth-order valence-electron chi connectivity index (χ4n) is 3.52. The van der Waals surface area contributed by atoms with Crippen LogP contribution in [0.2, 0.25) is 0 Å². The van der Waals surface area contributed by atoms with Crippen molar-refractivity contribution in [3.8, 4) is 17.3 Å². The fraction of sp³-hybridized carbons (Fsp3) is 0.429. The normalized spacial score (nSPS) is 19.3.